The number of hydrogen-bond acceptors (Lipinski definition) is 4. The number of phenolic OH excluding ortho intramolecular Hbond substituents is 1. The SMILES string of the molecule is CC(=O)OC(=O)c1cccc(CCl)c1O. The number of hydrogen-bond donors (Lipinski definition) is 1. The van der Waals surface area contributed by atoms with Crippen LogP contribution in [0.2, 0.25) is 0 Å². The van der Waals surface area contributed by atoms with Gasteiger partial charge in [0.25, 0.3) is 0 Å². The molecule has 1 N–H and O–H groups in total. The normalized spacial score (nSPS) is 9.73. The number of benzene rings is 1. The molecule has 0 amide bonds. The second kappa shape index (κ2) is 4.79. The fourth-order valence-electron chi connectivity index (χ4n) is 1.05. The van der Waals surface area contributed by atoms with Crippen molar-refractivity contribution >= 4 is 23.5 Å². The standard InChI is InChI=1S/C10H9ClO4/c1-6(12)15-10(14)8-4-2-3-7(5-11)9(8)13/h2-4,13H,5H2,1H3. The number of esters is 2. The molecule has 1 aromatic carbocycles. The maximum absolute atomic E-state index is 11.3. The summed E-state index contributed by atoms with van der Waals surface area (Å²) in [5.74, 6) is -1.78. The monoisotopic (exact) mass is 228 g/mol. The van der Waals surface area contributed by atoms with E-state index < -0.39 is 11.9 Å². The molecule has 0 heterocycles. The molecule has 15 heavy (non-hydrogen) atoms. The van der Waals surface area contributed by atoms with Gasteiger partial charge in [0.1, 0.15) is 11.3 Å². The summed E-state index contributed by atoms with van der Waals surface area (Å²) in [4.78, 5) is 21.8. The molecule has 0 atom stereocenters. The summed E-state index contributed by atoms with van der Waals surface area (Å²) in [6, 6.07) is 4.48. The molecule has 0 bridgehead atoms. The van der Waals surface area contributed by atoms with Crippen LogP contribution in [0.25, 0.3) is 0 Å². The number of ether oxygens (including phenoxy) is 1. The molecule has 1 aromatic rings. The number of halogens is 1. The van der Waals surface area contributed by atoms with Crippen LogP contribution in [0.3, 0.4) is 0 Å². The van der Waals surface area contributed by atoms with E-state index in [4.69, 9.17) is 11.6 Å². The van der Waals surface area contributed by atoms with Crippen molar-refractivity contribution in [3.05, 3.63) is 29.3 Å². The Labute approximate surface area is 91.4 Å². The Morgan fingerprint density at radius 2 is 2.13 bits per heavy atom. The fraction of sp³-hybridized carbons (Fsp3) is 0.200. The van der Waals surface area contributed by atoms with E-state index in [0.29, 0.717) is 5.56 Å². The van der Waals surface area contributed by atoms with Gasteiger partial charge in [-0.3, -0.25) is 4.79 Å². The molecule has 0 spiro atoms. The Hall–Kier alpha value is -1.55. The van der Waals surface area contributed by atoms with Crippen LogP contribution in [0.15, 0.2) is 18.2 Å². The molecular formula is C10H9ClO4. The van der Waals surface area contributed by atoms with Crippen LogP contribution >= 0.6 is 11.6 Å². The molecule has 1 rings (SSSR count). The van der Waals surface area contributed by atoms with Crippen LogP contribution in [-0.2, 0) is 15.4 Å². The first-order valence-electron chi connectivity index (χ1n) is 4.15. The molecule has 4 nitrogen and oxygen atoms in total. The lowest BCUT2D eigenvalue weighted by Crippen LogP contribution is -2.09. The molecule has 0 aliphatic rings. The Morgan fingerprint density at radius 3 is 2.67 bits per heavy atom. The number of alkyl halides is 1. The van der Waals surface area contributed by atoms with Gasteiger partial charge in [0.2, 0.25) is 0 Å². The van der Waals surface area contributed by atoms with E-state index in [0.717, 1.165) is 6.92 Å². The van der Waals surface area contributed by atoms with Crippen LogP contribution in [-0.4, -0.2) is 17.0 Å². The molecule has 0 aliphatic heterocycles. The molecule has 0 saturated carbocycles. The summed E-state index contributed by atoms with van der Waals surface area (Å²) < 4.78 is 4.34. The van der Waals surface area contributed by atoms with Gasteiger partial charge in [0.05, 0.1) is 5.88 Å². The summed E-state index contributed by atoms with van der Waals surface area (Å²) in [6.45, 7) is 1.11. The third-order valence-electron chi connectivity index (χ3n) is 1.72. The van der Waals surface area contributed by atoms with E-state index in [1.165, 1.54) is 6.07 Å². The summed E-state index contributed by atoms with van der Waals surface area (Å²) in [6.07, 6.45) is 0. The van der Waals surface area contributed by atoms with Gasteiger partial charge in [-0.1, -0.05) is 12.1 Å². The van der Waals surface area contributed by atoms with Crippen LogP contribution in [0.1, 0.15) is 22.8 Å². The lowest BCUT2D eigenvalue weighted by molar-refractivity contribution is -0.135. The Morgan fingerprint density at radius 1 is 1.47 bits per heavy atom. The Kier molecular flexibility index (Phi) is 3.68. The van der Waals surface area contributed by atoms with E-state index in [9.17, 15) is 14.7 Å². The first kappa shape index (κ1) is 11.5. The second-order valence-corrected chi connectivity index (χ2v) is 3.10. The van der Waals surface area contributed by atoms with Gasteiger partial charge in [-0.2, -0.15) is 0 Å². The minimum atomic E-state index is -0.882. The van der Waals surface area contributed by atoms with Gasteiger partial charge < -0.3 is 9.84 Å². The highest BCUT2D eigenvalue weighted by atomic mass is 35.5. The fourth-order valence-corrected chi connectivity index (χ4v) is 1.27. The number of carbonyl (C=O) groups excluding carboxylic acids is 2. The highest BCUT2D eigenvalue weighted by Gasteiger charge is 2.16. The van der Waals surface area contributed by atoms with Crippen molar-refractivity contribution in [3.63, 3.8) is 0 Å². The summed E-state index contributed by atoms with van der Waals surface area (Å²) in [7, 11) is 0. The largest absolute Gasteiger partial charge is 0.507 e. The van der Waals surface area contributed by atoms with Crippen molar-refractivity contribution < 1.29 is 19.4 Å². The number of phenols is 1. The molecule has 0 aromatic heterocycles. The first-order chi connectivity index (χ1) is 7.06. The highest BCUT2D eigenvalue weighted by Crippen LogP contribution is 2.24. The summed E-state index contributed by atoms with van der Waals surface area (Å²) >= 11 is 5.54. The maximum Gasteiger partial charge on any atom is 0.349 e. The zero-order valence-electron chi connectivity index (χ0n) is 7.99. The summed E-state index contributed by atoms with van der Waals surface area (Å²) in [5.41, 5.74) is 0.345. The maximum atomic E-state index is 11.3. The van der Waals surface area contributed by atoms with Gasteiger partial charge in [0.15, 0.2) is 0 Å². The van der Waals surface area contributed by atoms with Crippen molar-refractivity contribution in [2.75, 3.05) is 0 Å². The van der Waals surface area contributed by atoms with Gasteiger partial charge >= 0.3 is 11.9 Å². The molecule has 0 radical (unpaired) electrons. The lowest BCUT2D eigenvalue weighted by atomic mass is 10.1. The van der Waals surface area contributed by atoms with Crippen molar-refractivity contribution in [1.29, 1.82) is 0 Å². The first-order valence-corrected chi connectivity index (χ1v) is 4.69. The number of para-hydroxylation sites is 1. The number of carbonyl (C=O) groups is 2. The zero-order chi connectivity index (χ0) is 11.4. The van der Waals surface area contributed by atoms with Gasteiger partial charge in [-0.25, -0.2) is 4.79 Å². The molecule has 0 aliphatic carbocycles. The van der Waals surface area contributed by atoms with Crippen LogP contribution in [0.4, 0.5) is 0 Å². The van der Waals surface area contributed by atoms with Crippen molar-refractivity contribution in [2.45, 2.75) is 12.8 Å². The predicted molar refractivity (Wildman–Crippen MR) is 53.8 cm³/mol. The van der Waals surface area contributed by atoms with E-state index >= 15 is 0 Å². The van der Waals surface area contributed by atoms with Crippen molar-refractivity contribution in [1.82, 2.24) is 0 Å². The average molecular weight is 229 g/mol. The average Bonchev–Trinajstić information content (AvgIpc) is 2.17. The van der Waals surface area contributed by atoms with Crippen LogP contribution < -0.4 is 0 Å². The summed E-state index contributed by atoms with van der Waals surface area (Å²) in [5, 5.41) is 9.58. The Balaban J connectivity index is 3.04. The highest BCUT2D eigenvalue weighted by molar-refractivity contribution is 6.17. The van der Waals surface area contributed by atoms with Crippen LogP contribution in [0, 0.1) is 0 Å². The van der Waals surface area contributed by atoms with Crippen molar-refractivity contribution in [2.24, 2.45) is 0 Å². The van der Waals surface area contributed by atoms with E-state index in [1.54, 1.807) is 12.1 Å². The molecule has 0 fully saturated rings. The van der Waals surface area contributed by atoms with Crippen LogP contribution in [0.5, 0.6) is 5.75 Å². The van der Waals surface area contributed by atoms with Crippen molar-refractivity contribution in [3.8, 4) is 5.75 Å². The smallest absolute Gasteiger partial charge is 0.349 e. The van der Waals surface area contributed by atoms with Gasteiger partial charge in [0, 0.05) is 12.5 Å². The minimum Gasteiger partial charge on any atom is -0.507 e. The van der Waals surface area contributed by atoms with Gasteiger partial charge in [-0.15, -0.1) is 11.6 Å². The second-order valence-electron chi connectivity index (χ2n) is 2.83. The molecule has 80 valence electrons. The zero-order valence-corrected chi connectivity index (χ0v) is 8.75. The lowest BCUT2D eigenvalue weighted by Gasteiger charge is -2.05. The van der Waals surface area contributed by atoms with E-state index in [2.05, 4.69) is 4.74 Å². The third kappa shape index (κ3) is 2.70. The molecule has 0 saturated heterocycles. The van der Waals surface area contributed by atoms with E-state index in [-0.39, 0.29) is 17.2 Å². The molecular weight excluding hydrogens is 220 g/mol. The van der Waals surface area contributed by atoms with E-state index in [1.807, 2.05) is 0 Å². The quantitative estimate of drug-likeness (QED) is 0.477. The third-order valence-corrected chi connectivity index (χ3v) is 2.01. The predicted octanol–water partition coefficient (Wildman–Crippen LogP) is 1.83. The molecule has 0 unspecified atom stereocenters. The Bertz CT molecular complexity index is 400. The topological polar surface area (TPSA) is 63.6 Å². The minimum absolute atomic E-state index is 0.0663. The number of aromatic hydroxyl groups is 1. The van der Waals surface area contributed by atoms with Gasteiger partial charge in [-0.05, 0) is 6.07 Å². The number of rotatable bonds is 2. The molecule has 5 heteroatoms.